The van der Waals surface area contributed by atoms with Crippen molar-refractivity contribution in [1.29, 1.82) is 0 Å². The third kappa shape index (κ3) is 36.1. The molecule has 120 heavy (non-hydrogen) atoms. The van der Waals surface area contributed by atoms with Gasteiger partial charge in [0.25, 0.3) is 17.7 Å². The second kappa shape index (κ2) is 47.6. The number of piperidine rings is 3. The standard InChI is InChI=1S/C26H36N2O12P2.C25H34N2O12P2.C24H30ClN2O9P/c1-18-9-5-3-6-10-19(2)38-26(30)25-20(15-22(39-41(31,32)33)16-23(25)40-42(34,35)36)14-21(13-18)27-37-17-24(29)28-11-7-4-8-12-28;1-18-9-5-2-3-8-12-36-25(29)24-19(15-21(38-40(30,31)32)16-22(24)39-41(33,34)35)14-20(13-18)26-37-17-23(28)27-10-6-4-7-11-27;25-23-18-14-17(26-35-16-21(29)27-11-7-5-8-12-27)10-6-3-1-2-4-9-13-34-24(30)22(18)19(28)15-20(23)36-37(31,32)33/h3,6,13,15-16,19H,4-5,7-12,14,17H2,1-2H3,(H2,31,32,33)(H2,34,35,36);2-3,13,15-16H,4-12,14,17H2,1H3,(H2,30,31,32)(H2,33,34,35);2,4,6,10,15,28H,1,3,5,7-9,11-14,16H2,(H2,31,32,33)/b6-3+,18-13+,27-21+;3-2+,18-13+,26-20+;4-2+,10-6+,26-17+/t19-;;/m1../s1. The molecule has 0 aliphatic carbocycles. The zero-order chi connectivity index (χ0) is 87.8. The van der Waals surface area contributed by atoms with Crippen molar-refractivity contribution in [2.45, 2.75) is 162 Å². The van der Waals surface area contributed by atoms with Crippen molar-refractivity contribution in [3.05, 3.63) is 141 Å². The van der Waals surface area contributed by atoms with Gasteiger partial charge < -0.3 is 71.1 Å². The Bertz CT molecular complexity index is 4650. The molecule has 3 aromatic rings. The number of likely N-dealkylation sites (tertiary alicyclic amines) is 3. The van der Waals surface area contributed by atoms with Crippen molar-refractivity contribution in [2.24, 2.45) is 15.5 Å². The smallest absolute Gasteiger partial charge is 0.507 e. The molecular weight excluding hydrogens is 1700 g/mol. The fourth-order valence-corrected chi connectivity index (χ4v) is 15.0. The number of phenols is 1. The van der Waals surface area contributed by atoms with Gasteiger partial charge in [0.15, 0.2) is 25.6 Å². The lowest BCUT2D eigenvalue weighted by Gasteiger charge is -2.26. The van der Waals surface area contributed by atoms with Crippen molar-refractivity contribution < 1.29 is 157 Å². The van der Waals surface area contributed by atoms with Gasteiger partial charge in [0.1, 0.15) is 51.5 Å². The molecular formula is C75H100ClN6O33P5. The zero-order valence-electron chi connectivity index (χ0n) is 66.1. The number of carbonyl (C=O) groups is 6. The van der Waals surface area contributed by atoms with E-state index < -0.39 is 109 Å². The van der Waals surface area contributed by atoms with Crippen molar-refractivity contribution in [3.8, 4) is 34.5 Å². The first-order valence-corrected chi connectivity index (χ1v) is 46.2. The molecule has 3 fully saturated rings. The molecule has 39 nitrogen and oxygen atoms in total. The number of phenolic OH excluding ortho intramolecular Hbond substituents is 1. The summed E-state index contributed by atoms with van der Waals surface area (Å²) >= 11 is 6.39. The Kier molecular flexibility index (Phi) is 38.9. The van der Waals surface area contributed by atoms with Crippen molar-refractivity contribution in [3.63, 3.8) is 0 Å². The number of cyclic esters (lactones) is 3. The SMILES string of the molecule is C/C1=C\C(=N/OCC(=O)N2CCCCC2)Cc2cc(OP(=O)(O)O)cc(OP(=O)(O)O)c2C(=O)OCC/C=C/CC1.C/C1=C\C(=N/OCC(=O)N2CCCCC2)Cc2cc(OP(=O)(O)O)cc(OP(=O)(O)O)c2C(=O)O[C@H](C)C/C=C/CC1.O=C1OCC/C=C/CC/C=C/C(=N\OCC(=O)N2CCCCC2)Cc2c(Cl)c(OP(=O)(O)O)cc(O)c21. The lowest BCUT2D eigenvalue weighted by atomic mass is 9.98. The highest BCUT2D eigenvalue weighted by atomic mass is 35.5. The number of hydrogen-bond acceptors (Lipinski definition) is 26. The van der Waals surface area contributed by atoms with Gasteiger partial charge in [-0.3, -0.25) is 63.3 Å². The monoisotopic (exact) mass is 1800 g/mol. The van der Waals surface area contributed by atoms with Gasteiger partial charge >= 0.3 is 57.0 Å². The van der Waals surface area contributed by atoms with Gasteiger partial charge in [0.05, 0.1) is 35.4 Å². The van der Waals surface area contributed by atoms with Crippen LogP contribution in [0.25, 0.3) is 0 Å². The van der Waals surface area contributed by atoms with Crippen molar-refractivity contribution in [1.82, 2.24) is 14.7 Å². The predicted octanol–water partition coefficient (Wildman–Crippen LogP) is 11.1. The minimum atomic E-state index is -5.26. The molecule has 1 atom stereocenters. The van der Waals surface area contributed by atoms with Gasteiger partial charge in [-0.2, -0.15) is 0 Å². The third-order valence-corrected chi connectivity index (χ3v) is 20.6. The Balaban J connectivity index is 0.000000249. The van der Waals surface area contributed by atoms with E-state index in [4.69, 9.17) is 49.4 Å². The van der Waals surface area contributed by atoms with Crippen LogP contribution in [0.1, 0.15) is 184 Å². The Morgan fingerprint density at radius 2 is 0.817 bits per heavy atom. The fraction of sp³-hybridized carbons (Fsp3) is 0.480. The number of allylic oxidation sites excluding steroid dienone is 9. The van der Waals surface area contributed by atoms with E-state index in [2.05, 4.69) is 29.0 Å². The van der Waals surface area contributed by atoms with Crippen LogP contribution in [0.15, 0.2) is 118 Å². The van der Waals surface area contributed by atoms with E-state index in [-0.39, 0.29) is 114 Å². The van der Waals surface area contributed by atoms with Crippen LogP contribution in [0.4, 0.5) is 0 Å². The van der Waals surface area contributed by atoms with Crippen LogP contribution in [0.2, 0.25) is 5.02 Å². The number of hydrogen-bond donors (Lipinski definition) is 11. The minimum Gasteiger partial charge on any atom is -0.507 e. The Morgan fingerprint density at radius 1 is 0.450 bits per heavy atom. The highest BCUT2D eigenvalue weighted by Crippen LogP contribution is 2.49. The summed E-state index contributed by atoms with van der Waals surface area (Å²) < 4.78 is 97.5. The van der Waals surface area contributed by atoms with Crippen LogP contribution in [-0.2, 0) is 85.2 Å². The van der Waals surface area contributed by atoms with Gasteiger partial charge in [-0.25, -0.2) is 37.2 Å². The molecule has 0 aromatic heterocycles. The number of fused-ring (bicyclic) bond motifs is 3. The normalized spacial score (nSPS) is 21.1. The fourth-order valence-electron chi connectivity index (χ4n) is 12.7. The maximum absolute atomic E-state index is 13.3. The molecule has 6 heterocycles. The van der Waals surface area contributed by atoms with Gasteiger partial charge in [0.2, 0.25) is 0 Å². The maximum atomic E-state index is 13.3. The summed E-state index contributed by atoms with van der Waals surface area (Å²) in [4.78, 5) is 192. The first kappa shape index (κ1) is 98.3. The second-order valence-corrected chi connectivity index (χ2v) is 34.3. The molecule has 660 valence electrons. The number of halogens is 1. The summed E-state index contributed by atoms with van der Waals surface area (Å²) in [6, 6.07) is 4.59. The first-order chi connectivity index (χ1) is 56.7. The molecule has 0 saturated carbocycles. The summed E-state index contributed by atoms with van der Waals surface area (Å²) in [6.45, 7) is 8.22. The maximum Gasteiger partial charge on any atom is 0.524 e. The Labute approximate surface area is 696 Å². The van der Waals surface area contributed by atoms with E-state index in [0.29, 0.717) is 90.6 Å². The van der Waals surface area contributed by atoms with E-state index in [9.17, 15) is 106 Å². The number of phosphoric acid groups is 5. The van der Waals surface area contributed by atoms with Gasteiger partial charge in [-0.05, 0) is 177 Å². The predicted molar refractivity (Wildman–Crippen MR) is 433 cm³/mol. The second-order valence-electron chi connectivity index (χ2n) is 28.1. The largest absolute Gasteiger partial charge is 0.524 e. The molecule has 3 amide bonds. The van der Waals surface area contributed by atoms with Crippen LogP contribution < -0.4 is 22.6 Å². The molecule has 45 heteroatoms. The molecule has 6 aliphatic heterocycles. The van der Waals surface area contributed by atoms with Crippen LogP contribution in [-0.4, -0.2) is 200 Å². The summed E-state index contributed by atoms with van der Waals surface area (Å²) in [5.74, 6) is -7.21. The minimum absolute atomic E-state index is 0.0305. The first-order valence-electron chi connectivity index (χ1n) is 38.2. The van der Waals surface area contributed by atoms with E-state index >= 15 is 0 Å². The Morgan fingerprint density at radius 3 is 1.24 bits per heavy atom. The van der Waals surface area contributed by atoms with Crippen LogP contribution >= 0.6 is 50.7 Å². The van der Waals surface area contributed by atoms with Crippen LogP contribution in [0.3, 0.4) is 0 Å². The summed E-state index contributed by atoms with van der Waals surface area (Å²) in [6.07, 6.45) is 30.7. The summed E-state index contributed by atoms with van der Waals surface area (Å²) in [5, 5.41) is 22.5. The number of aromatic hydroxyl groups is 1. The average Bonchev–Trinajstić information content (AvgIpc) is 0.802. The van der Waals surface area contributed by atoms with Gasteiger partial charge in [-0.1, -0.05) is 80.7 Å². The number of phosphoric ester groups is 5. The number of esters is 3. The van der Waals surface area contributed by atoms with E-state index in [0.717, 1.165) is 106 Å². The number of amides is 3. The van der Waals surface area contributed by atoms with Gasteiger partial charge in [0, 0.05) is 83.2 Å². The zero-order valence-corrected chi connectivity index (χ0v) is 71.3. The number of nitrogens with zero attached hydrogens (tertiary/aromatic N) is 6. The lowest BCUT2D eigenvalue weighted by Crippen LogP contribution is -2.37. The Hall–Kier alpha value is -8.83. The van der Waals surface area contributed by atoms with Crippen molar-refractivity contribution in [2.75, 3.05) is 72.3 Å². The number of ether oxygens (including phenoxy) is 3. The molecule has 9 rings (SSSR count). The molecule has 3 aromatic carbocycles. The lowest BCUT2D eigenvalue weighted by molar-refractivity contribution is -0.137. The molecule has 3 saturated heterocycles. The molecule has 11 N–H and O–H groups in total. The molecule has 0 spiro atoms. The van der Waals surface area contributed by atoms with E-state index in [1.165, 1.54) is 0 Å². The quantitative estimate of drug-likeness (QED) is 0.0175. The molecule has 6 aliphatic rings. The topological polar surface area (TPSA) is 559 Å². The van der Waals surface area contributed by atoms with Crippen LogP contribution in [0.5, 0.6) is 34.5 Å². The average molecular weight is 1800 g/mol. The van der Waals surface area contributed by atoms with Crippen molar-refractivity contribution >= 4 is 103 Å². The van der Waals surface area contributed by atoms with E-state index in [1.54, 1.807) is 39.9 Å². The van der Waals surface area contributed by atoms with Crippen LogP contribution in [0, 0.1) is 0 Å². The highest BCUT2D eigenvalue weighted by molar-refractivity contribution is 7.47. The molecule has 0 radical (unpaired) electrons. The summed E-state index contributed by atoms with van der Waals surface area (Å²) in [7, 11) is -25.8. The van der Waals surface area contributed by atoms with E-state index in [1.807, 2.05) is 56.4 Å². The number of rotatable bonds is 19. The highest BCUT2D eigenvalue weighted by Gasteiger charge is 2.34. The summed E-state index contributed by atoms with van der Waals surface area (Å²) in [5.41, 5.74) is 1.18. The number of oxime groups is 3. The number of benzene rings is 3. The number of carbonyl (C=O) groups excluding carboxylic acids is 6. The molecule has 0 bridgehead atoms. The van der Waals surface area contributed by atoms with Gasteiger partial charge in [-0.15, -0.1) is 0 Å². The molecule has 0 unspecified atom stereocenters. The third-order valence-electron chi connectivity index (χ3n) is 18.0.